The van der Waals surface area contributed by atoms with Crippen molar-refractivity contribution in [1.82, 2.24) is 0 Å². The van der Waals surface area contributed by atoms with Gasteiger partial charge in [0.25, 0.3) is 5.69 Å². The monoisotopic (exact) mass is 198 g/mol. The van der Waals surface area contributed by atoms with Gasteiger partial charge in [-0.2, -0.15) is 0 Å². The number of halogens is 1. The summed E-state index contributed by atoms with van der Waals surface area (Å²) in [5.74, 6) is -1.25. The van der Waals surface area contributed by atoms with Crippen LogP contribution >= 0.6 is 0 Å². The number of rotatable bonds is 3. The average Bonchev–Trinajstić information content (AvgIpc) is 2.15. The standard InChI is InChI=1S/C9H9FNO3/c1-6(5-12)7-2-8(10)4-9(3-7)11(13)14/h2-4,6,12H,1,5H2. The van der Waals surface area contributed by atoms with Crippen LogP contribution in [0.15, 0.2) is 18.2 Å². The van der Waals surface area contributed by atoms with Gasteiger partial charge in [-0.25, -0.2) is 4.39 Å². The van der Waals surface area contributed by atoms with Gasteiger partial charge >= 0.3 is 0 Å². The van der Waals surface area contributed by atoms with Crippen molar-refractivity contribution in [1.29, 1.82) is 0 Å². The van der Waals surface area contributed by atoms with E-state index < -0.39 is 16.7 Å². The van der Waals surface area contributed by atoms with E-state index in [1.165, 1.54) is 6.07 Å². The summed E-state index contributed by atoms with van der Waals surface area (Å²) in [6, 6.07) is 3.16. The van der Waals surface area contributed by atoms with Gasteiger partial charge in [0.05, 0.1) is 11.0 Å². The lowest BCUT2D eigenvalue weighted by Crippen LogP contribution is -2.01. The minimum Gasteiger partial charge on any atom is -0.396 e. The Hall–Kier alpha value is -1.49. The highest BCUT2D eigenvalue weighted by Crippen LogP contribution is 2.21. The van der Waals surface area contributed by atoms with Crippen LogP contribution < -0.4 is 0 Å². The number of hydrogen-bond acceptors (Lipinski definition) is 3. The third-order valence-corrected chi connectivity index (χ3v) is 1.81. The topological polar surface area (TPSA) is 63.4 Å². The van der Waals surface area contributed by atoms with Crippen molar-refractivity contribution in [2.45, 2.75) is 5.92 Å². The summed E-state index contributed by atoms with van der Waals surface area (Å²) in [7, 11) is 0. The molecule has 0 heterocycles. The molecule has 5 heteroatoms. The quantitative estimate of drug-likeness (QED) is 0.593. The summed E-state index contributed by atoms with van der Waals surface area (Å²) in [4.78, 5) is 9.69. The second-order valence-corrected chi connectivity index (χ2v) is 2.88. The number of benzene rings is 1. The lowest BCUT2D eigenvalue weighted by Gasteiger charge is -2.07. The summed E-state index contributed by atoms with van der Waals surface area (Å²) < 4.78 is 12.9. The van der Waals surface area contributed by atoms with E-state index in [0.29, 0.717) is 5.56 Å². The van der Waals surface area contributed by atoms with Crippen molar-refractivity contribution in [3.05, 3.63) is 46.6 Å². The van der Waals surface area contributed by atoms with Crippen LogP contribution in [-0.2, 0) is 0 Å². The molecule has 0 aliphatic carbocycles. The van der Waals surface area contributed by atoms with Crippen molar-refractivity contribution >= 4 is 5.69 Å². The van der Waals surface area contributed by atoms with Gasteiger partial charge in [0.1, 0.15) is 5.82 Å². The molecule has 1 unspecified atom stereocenters. The van der Waals surface area contributed by atoms with Crippen LogP contribution in [0.5, 0.6) is 0 Å². The maximum absolute atomic E-state index is 12.9. The maximum atomic E-state index is 12.9. The number of aliphatic hydroxyl groups excluding tert-OH is 1. The first-order valence-corrected chi connectivity index (χ1v) is 3.93. The van der Waals surface area contributed by atoms with Crippen LogP contribution in [0.25, 0.3) is 0 Å². The summed E-state index contributed by atoms with van der Waals surface area (Å²) in [6.07, 6.45) is 0. The molecule has 1 aromatic carbocycles. The van der Waals surface area contributed by atoms with Gasteiger partial charge in [0.2, 0.25) is 0 Å². The van der Waals surface area contributed by atoms with Gasteiger partial charge in [-0.1, -0.05) is 0 Å². The van der Waals surface area contributed by atoms with Crippen LogP contribution in [0, 0.1) is 22.9 Å². The molecule has 0 fully saturated rings. The lowest BCUT2D eigenvalue weighted by atomic mass is 10.0. The Morgan fingerprint density at radius 2 is 2.21 bits per heavy atom. The van der Waals surface area contributed by atoms with Crippen molar-refractivity contribution in [3.63, 3.8) is 0 Å². The number of aliphatic hydroxyl groups is 1. The zero-order valence-corrected chi connectivity index (χ0v) is 7.31. The molecule has 0 bridgehead atoms. The zero-order chi connectivity index (χ0) is 10.7. The first kappa shape index (κ1) is 10.6. The highest BCUT2D eigenvalue weighted by Gasteiger charge is 2.13. The fraction of sp³-hybridized carbons (Fsp3) is 0.222. The summed E-state index contributed by atoms with van der Waals surface area (Å²) in [5.41, 5.74) is -0.0127. The predicted molar refractivity (Wildman–Crippen MR) is 48.2 cm³/mol. The summed E-state index contributed by atoms with van der Waals surface area (Å²) in [5, 5.41) is 19.1. The van der Waals surface area contributed by atoms with Crippen molar-refractivity contribution < 1.29 is 14.4 Å². The number of nitro benzene ring substituents is 1. The third-order valence-electron chi connectivity index (χ3n) is 1.81. The fourth-order valence-corrected chi connectivity index (χ4v) is 1.04. The Bertz CT molecular complexity index is 354. The van der Waals surface area contributed by atoms with Gasteiger partial charge in [-0.15, -0.1) is 0 Å². The normalized spacial score (nSPS) is 12.5. The van der Waals surface area contributed by atoms with E-state index in [1.807, 2.05) is 0 Å². The first-order chi connectivity index (χ1) is 6.54. The molecule has 75 valence electrons. The number of hydrogen-bond donors (Lipinski definition) is 1. The smallest absolute Gasteiger partial charge is 0.272 e. The molecular formula is C9H9FNO3. The van der Waals surface area contributed by atoms with Crippen LogP contribution in [0.3, 0.4) is 0 Å². The van der Waals surface area contributed by atoms with Gasteiger partial charge < -0.3 is 5.11 Å². The average molecular weight is 198 g/mol. The zero-order valence-electron chi connectivity index (χ0n) is 7.31. The van der Waals surface area contributed by atoms with E-state index in [0.717, 1.165) is 12.1 Å². The van der Waals surface area contributed by atoms with E-state index in [1.54, 1.807) is 0 Å². The molecule has 1 N–H and O–H groups in total. The van der Waals surface area contributed by atoms with E-state index in [4.69, 9.17) is 5.11 Å². The second-order valence-electron chi connectivity index (χ2n) is 2.88. The fourth-order valence-electron chi connectivity index (χ4n) is 1.04. The molecular weight excluding hydrogens is 189 g/mol. The molecule has 0 amide bonds. The summed E-state index contributed by atoms with van der Waals surface area (Å²) >= 11 is 0. The molecule has 0 aliphatic rings. The third kappa shape index (κ3) is 2.26. The van der Waals surface area contributed by atoms with Gasteiger partial charge in [-0.3, -0.25) is 10.1 Å². The SMILES string of the molecule is [CH2]C(CO)c1cc(F)cc([N+](=O)[O-])c1. The largest absolute Gasteiger partial charge is 0.396 e. The number of nitrogens with zero attached hydrogens (tertiary/aromatic N) is 1. The predicted octanol–water partition coefficient (Wildman–Crippen LogP) is 1.64. The van der Waals surface area contributed by atoms with Crippen LogP contribution in [0.1, 0.15) is 11.5 Å². The molecule has 1 radical (unpaired) electrons. The van der Waals surface area contributed by atoms with Crippen molar-refractivity contribution in [2.75, 3.05) is 6.61 Å². The molecule has 0 aromatic heterocycles. The maximum Gasteiger partial charge on any atom is 0.272 e. The first-order valence-electron chi connectivity index (χ1n) is 3.93. The molecule has 0 aliphatic heterocycles. The van der Waals surface area contributed by atoms with Gasteiger partial charge in [-0.05, 0) is 18.6 Å². The van der Waals surface area contributed by atoms with Crippen molar-refractivity contribution in [2.24, 2.45) is 0 Å². The van der Waals surface area contributed by atoms with Crippen LogP contribution in [-0.4, -0.2) is 16.6 Å². The van der Waals surface area contributed by atoms with Crippen LogP contribution in [0.2, 0.25) is 0 Å². The molecule has 1 aromatic rings. The van der Waals surface area contributed by atoms with Crippen molar-refractivity contribution in [3.8, 4) is 0 Å². The Morgan fingerprint density at radius 3 is 2.71 bits per heavy atom. The van der Waals surface area contributed by atoms with E-state index >= 15 is 0 Å². The highest BCUT2D eigenvalue weighted by atomic mass is 19.1. The van der Waals surface area contributed by atoms with Gasteiger partial charge in [0, 0.05) is 18.6 Å². The molecule has 1 rings (SSSR count). The molecule has 0 spiro atoms. The number of non-ortho nitro benzene ring substituents is 1. The minimum atomic E-state index is -0.698. The lowest BCUT2D eigenvalue weighted by molar-refractivity contribution is -0.385. The van der Waals surface area contributed by atoms with E-state index in [-0.39, 0.29) is 12.3 Å². The highest BCUT2D eigenvalue weighted by molar-refractivity contribution is 5.37. The Balaban J connectivity index is 3.13. The van der Waals surface area contributed by atoms with Gasteiger partial charge in [0.15, 0.2) is 0 Å². The molecule has 14 heavy (non-hydrogen) atoms. The molecule has 4 nitrogen and oxygen atoms in total. The molecule has 0 saturated carbocycles. The van der Waals surface area contributed by atoms with Crippen LogP contribution in [0.4, 0.5) is 10.1 Å². The minimum absolute atomic E-state index is 0.277. The number of nitro groups is 1. The Morgan fingerprint density at radius 1 is 1.57 bits per heavy atom. The van der Waals surface area contributed by atoms with E-state index in [2.05, 4.69) is 6.92 Å². The Kier molecular flexibility index (Phi) is 3.14. The summed E-state index contributed by atoms with van der Waals surface area (Å²) in [6.45, 7) is 3.25. The Labute approximate surface area is 80.1 Å². The molecule has 0 saturated heterocycles. The van der Waals surface area contributed by atoms with E-state index in [9.17, 15) is 14.5 Å². The second kappa shape index (κ2) is 4.15. The molecule has 1 atom stereocenters.